The summed E-state index contributed by atoms with van der Waals surface area (Å²) in [5.74, 6) is -0.516. The van der Waals surface area contributed by atoms with E-state index in [9.17, 15) is 19.5 Å². The number of esters is 2. The van der Waals surface area contributed by atoms with Gasteiger partial charge in [-0.1, -0.05) is 71.4 Å². The third-order valence-corrected chi connectivity index (χ3v) is 14.4. The van der Waals surface area contributed by atoms with E-state index < -0.39 is 16.8 Å². The number of carboxylic acids is 1. The molecule has 246 valence electrons. The molecular formula is C39H54O6. The highest BCUT2D eigenvalue weighted by atomic mass is 16.5. The minimum absolute atomic E-state index is 0.0127. The van der Waals surface area contributed by atoms with Gasteiger partial charge < -0.3 is 14.6 Å². The largest absolute Gasteiger partial charge is 0.481 e. The first-order valence-corrected chi connectivity index (χ1v) is 17.4. The third kappa shape index (κ3) is 4.74. The lowest BCUT2D eigenvalue weighted by Gasteiger charge is -2.71. The quantitative estimate of drug-likeness (QED) is 0.262. The zero-order valence-electron chi connectivity index (χ0n) is 28.5. The molecule has 0 radical (unpaired) electrons. The lowest BCUT2D eigenvalue weighted by Crippen LogP contribution is -2.67. The van der Waals surface area contributed by atoms with Crippen LogP contribution in [0, 0.1) is 50.2 Å². The summed E-state index contributed by atoms with van der Waals surface area (Å²) < 4.78 is 12.3. The summed E-state index contributed by atoms with van der Waals surface area (Å²) in [4.78, 5) is 38.8. The molecule has 0 aliphatic heterocycles. The van der Waals surface area contributed by atoms with Crippen molar-refractivity contribution >= 4 is 17.9 Å². The van der Waals surface area contributed by atoms with E-state index in [0.29, 0.717) is 30.2 Å². The molecule has 0 spiro atoms. The van der Waals surface area contributed by atoms with Gasteiger partial charge in [0.05, 0.1) is 11.0 Å². The molecule has 4 saturated carbocycles. The van der Waals surface area contributed by atoms with Crippen molar-refractivity contribution in [2.75, 3.05) is 6.61 Å². The standard InChI is InChI=1S/C39H54O6/c1-25(40)45-31-16-17-36(6)29(35(31,4)5)15-18-37(7)30(36)14-13-27-28-23-34(2,3)19-20-38(28,33(42)43)21-22-39(27,37)24-44-32(41)26-11-9-8-10-12-26/h8-13,28-31H,14-24H2,1-7H3,(H,42,43)/t28-,29-,30+,31-,36-,37+,38-,39-/m0/s1. The number of ether oxygens (including phenoxy) is 2. The van der Waals surface area contributed by atoms with E-state index in [-0.39, 0.29) is 52.2 Å². The van der Waals surface area contributed by atoms with E-state index in [0.717, 1.165) is 51.4 Å². The molecule has 1 aromatic carbocycles. The van der Waals surface area contributed by atoms with Crippen LogP contribution in [0.25, 0.3) is 0 Å². The van der Waals surface area contributed by atoms with Crippen LogP contribution in [0.5, 0.6) is 0 Å². The number of fused-ring (bicyclic) bond motifs is 7. The topological polar surface area (TPSA) is 89.9 Å². The minimum Gasteiger partial charge on any atom is -0.481 e. The Morgan fingerprint density at radius 3 is 2.22 bits per heavy atom. The monoisotopic (exact) mass is 618 g/mol. The fourth-order valence-electron chi connectivity index (χ4n) is 12.0. The number of aliphatic carboxylic acids is 1. The first kappa shape index (κ1) is 32.3. The van der Waals surface area contributed by atoms with Crippen LogP contribution in [0.1, 0.15) is 123 Å². The summed E-state index contributed by atoms with van der Waals surface area (Å²) in [5, 5.41) is 10.8. The van der Waals surface area contributed by atoms with Crippen LogP contribution in [-0.2, 0) is 19.1 Å². The normalized spacial score (nSPS) is 41.2. The van der Waals surface area contributed by atoms with E-state index in [1.165, 1.54) is 12.5 Å². The number of hydrogen-bond donors (Lipinski definition) is 1. The van der Waals surface area contributed by atoms with Crippen LogP contribution in [0.4, 0.5) is 0 Å². The van der Waals surface area contributed by atoms with Gasteiger partial charge >= 0.3 is 17.9 Å². The predicted octanol–water partition coefficient (Wildman–Crippen LogP) is 8.64. The number of rotatable bonds is 5. The van der Waals surface area contributed by atoms with Gasteiger partial charge in [-0.2, -0.15) is 0 Å². The Labute approximate surface area is 269 Å². The molecule has 6 heteroatoms. The smallest absolute Gasteiger partial charge is 0.338 e. The molecule has 0 unspecified atom stereocenters. The summed E-state index contributed by atoms with van der Waals surface area (Å²) in [7, 11) is 0. The molecule has 0 amide bonds. The highest BCUT2D eigenvalue weighted by Gasteiger charge is 2.71. The van der Waals surface area contributed by atoms with Crippen LogP contribution < -0.4 is 0 Å². The number of allylic oxidation sites excluding steroid dienone is 1. The Balaban J connectivity index is 1.45. The lowest BCUT2D eigenvalue weighted by atomic mass is 9.33. The summed E-state index contributed by atoms with van der Waals surface area (Å²) >= 11 is 0. The summed E-state index contributed by atoms with van der Waals surface area (Å²) in [5.41, 5.74) is 0.357. The van der Waals surface area contributed by atoms with E-state index in [1.807, 2.05) is 18.2 Å². The Morgan fingerprint density at radius 2 is 1.56 bits per heavy atom. The Hall–Kier alpha value is -2.63. The van der Waals surface area contributed by atoms with Gasteiger partial charge in [0.1, 0.15) is 12.7 Å². The summed E-state index contributed by atoms with van der Waals surface area (Å²) in [6, 6.07) is 9.23. The number of carboxylic acid groups (broad SMARTS) is 1. The average molecular weight is 619 g/mol. The lowest BCUT2D eigenvalue weighted by molar-refractivity contribution is -0.220. The molecule has 5 aliphatic carbocycles. The Bertz CT molecular complexity index is 1390. The van der Waals surface area contributed by atoms with Gasteiger partial charge in [-0.05, 0) is 110 Å². The molecule has 6 nitrogen and oxygen atoms in total. The molecular weight excluding hydrogens is 564 g/mol. The molecule has 4 fully saturated rings. The van der Waals surface area contributed by atoms with Gasteiger partial charge in [0, 0.05) is 17.8 Å². The molecule has 5 aliphatic rings. The maximum atomic E-state index is 13.5. The molecule has 0 bridgehead atoms. The first-order chi connectivity index (χ1) is 21.0. The van der Waals surface area contributed by atoms with Crippen molar-refractivity contribution in [1.29, 1.82) is 0 Å². The summed E-state index contributed by atoms with van der Waals surface area (Å²) in [6.45, 7) is 15.9. The van der Waals surface area contributed by atoms with Crippen molar-refractivity contribution in [2.24, 2.45) is 50.2 Å². The molecule has 45 heavy (non-hydrogen) atoms. The number of benzene rings is 1. The molecule has 6 rings (SSSR count). The molecule has 0 aromatic heterocycles. The van der Waals surface area contributed by atoms with Crippen molar-refractivity contribution < 1.29 is 29.0 Å². The second-order valence-electron chi connectivity index (χ2n) is 17.3. The van der Waals surface area contributed by atoms with Crippen molar-refractivity contribution in [1.82, 2.24) is 0 Å². The van der Waals surface area contributed by atoms with Crippen molar-refractivity contribution in [2.45, 2.75) is 119 Å². The van der Waals surface area contributed by atoms with E-state index in [1.54, 1.807) is 12.1 Å². The Kier molecular flexibility index (Phi) is 7.69. The van der Waals surface area contributed by atoms with E-state index in [4.69, 9.17) is 9.47 Å². The van der Waals surface area contributed by atoms with Crippen LogP contribution >= 0.6 is 0 Å². The average Bonchev–Trinajstić information content (AvgIpc) is 2.97. The minimum atomic E-state index is -0.761. The fourth-order valence-corrected chi connectivity index (χ4v) is 12.0. The number of carbonyl (C=O) groups is 3. The van der Waals surface area contributed by atoms with Crippen LogP contribution in [0.3, 0.4) is 0 Å². The molecule has 0 saturated heterocycles. The van der Waals surface area contributed by atoms with Crippen LogP contribution in [0.2, 0.25) is 0 Å². The second-order valence-corrected chi connectivity index (χ2v) is 17.3. The molecule has 1 aromatic rings. The SMILES string of the molecule is CC(=O)O[C@H]1CC[C@]2(C)[C@H]3CC=C4[C@@H]5CC(C)(C)CC[C@]5(C(=O)O)CC[C@@]4(COC(=O)c4ccccc4)[C@]3(C)CC[C@H]2C1(C)C. The molecule has 8 atom stereocenters. The number of hydrogen-bond acceptors (Lipinski definition) is 5. The highest BCUT2D eigenvalue weighted by molar-refractivity contribution is 5.89. The highest BCUT2D eigenvalue weighted by Crippen LogP contribution is 2.76. The first-order valence-electron chi connectivity index (χ1n) is 17.4. The zero-order chi connectivity index (χ0) is 32.6. The second kappa shape index (κ2) is 10.7. The summed E-state index contributed by atoms with van der Waals surface area (Å²) in [6.07, 6.45) is 10.9. The predicted molar refractivity (Wildman–Crippen MR) is 173 cm³/mol. The van der Waals surface area contributed by atoms with Gasteiger partial charge in [-0.3, -0.25) is 9.59 Å². The molecule has 0 heterocycles. The third-order valence-electron chi connectivity index (χ3n) is 14.4. The van der Waals surface area contributed by atoms with Gasteiger partial charge in [-0.15, -0.1) is 0 Å². The Morgan fingerprint density at radius 1 is 0.867 bits per heavy atom. The van der Waals surface area contributed by atoms with E-state index in [2.05, 4.69) is 47.6 Å². The van der Waals surface area contributed by atoms with Gasteiger partial charge in [-0.25, -0.2) is 4.79 Å². The van der Waals surface area contributed by atoms with Crippen molar-refractivity contribution in [3.8, 4) is 0 Å². The number of carbonyl (C=O) groups excluding carboxylic acids is 2. The van der Waals surface area contributed by atoms with Crippen LogP contribution in [-0.4, -0.2) is 35.7 Å². The maximum absolute atomic E-state index is 13.5. The van der Waals surface area contributed by atoms with Crippen molar-refractivity contribution in [3.05, 3.63) is 47.5 Å². The van der Waals surface area contributed by atoms with Gasteiger partial charge in [0.15, 0.2) is 0 Å². The van der Waals surface area contributed by atoms with Crippen LogP contribution in [0.15, 0.2) is 42.0 Å². The van der Waals surface area contributed by atoms with Crippen molar-refractivity contribution in [3.63, 3.8) is 0 Å². The fraction of sp³-hybridized carbons (Fsp3) is 0.718. The van der Waals surface area contributed by atoms with Gasteiger partial charge in [0.2, 0.25) is 0 Å². The zero-order valence-corrected chi connectivity index (χ0v) is 28.5. The van der Waals surface area contributed by atoms with E-state index >= 15 is 0 Å². The molecule has 1 N–H and O–H groups in total. The van der Waals surface area contributed by atoms with Gasteiger partial charge in [0.25, 0.3) is 0 Å². The maximum Gasteiger partial charge on any atom is 0.338 e.